The van der Waals surface area contributed by atoms with Crippen LogP contribution in [0.1, 0.15) is 25.7 Å². The second-order valence-electron chi connectivity index (χ2n) is 3.94. The second kappa shape index (κ2) is 8.77. The third-order valence-electron chi connectivity index (χ3n) is 1.62. The molecule has 0 heterocycles. The van der Waals surface area contributed by atoms with Crippen LogP contribution in [-0.2, 0) is 20.2 Å². The topological polar surface area (TPSA) is 149 Å². The molecule has 0 bridgehead atoms. The third-order valence-corrected chi connectivity index (χ3v) is 1.62. The number of hydrogen-bond acceptors (Lipinski definition) is 6. The van der Waals surface area contributed by atoms with Crippen LogP contribution in [0, 0.1) is 0 Å². The molecule has 0 aromatic carbocycles. The van der Waals surface area contributed by atoms with E-state index in [-0.39, 0.29) is 12.2 Å². The number of rotatable bonds is 0. The first-order valence-corrected chi connectivity index (χ1v) is 8.69. The van der Waals surface area contributed by atoms with E-state index in [1.807, 2.05) is 0 Å². The maximum atomic E-state index is 9.19. The van der Waals surface area contributed by atoms with Crippen molar-refractivity contribution >= 4 is 20.2 Å². The molecular formula is C8H20O8S2. The van der Waals surface area contributed by atoms with Gasteiger partial charge in [0.1, 0.15) is 0 Å². The summed E-state index contributed by atoms with van der Waals surface area (Å²) >= 11 is 0. The number of aliphatic hydroxyl groups is 2. The smallest absolute Gasteiger partial charge is 0.261 e. The highest BCUT2D eigenvalue weighted by Crippen LogP contribution is 2.17. The maximum Gasteiger partial charge on any atom is 0.261 e. The Morgan fingerprint density at radius 3 is 1.17 bits per heavy atom. The minimum atomic E-state index is -3.67. The fourth-order valence-corrected chi connectivity index (χ4v) is 1.14. The molecule has 2 atom stereocenters. The van der Waals surface area contributed by atoms with Gasteiger partial charge in [-0.15, -0.1) is 0 Å². The molecule has 1 saturated carbocycles. The number of aliphatic hydroxyl groups excluding tert-OH is 2. The Hall–Kier alpha value is -0.260. The van der Waals surface area contributed by atoms with Gasteiger partial charge >= 0.3 is 0 Å². The van der Waals surface area contributed by atoms with Gasteiger partial charge in [-0.1, -0.05) is 0 Å². The van der Waals surface area contributed by atoms with E-state index in [1.54, 1.807) is 0 Å². The van der Waals surface area contributed by atoms with Crippen LogP contribution in [0.25, 0.3) is 0 Å². The Morgan fingerprint density at radius 1 is 0.833 bits per heavy atom. The molecule has 8 nitrogen and oxygen atoms in total. The van der Waals surface area contributed by atoms with Crippen LogP contribution in [0.15, 0.2) is 0 Å². The molecule has 112 valence electrons. The first-order valence-electron chi connectivity index (χ1n) is 5.00. The van der Waals surface area contributed by atoms with Gasteiger partial charge in [-0.25, -0.2) is 0 Å². The van der Waals surface area contributed by atoms with E-state index in [9.17, 15) is 16.8 Å². The van der Waals surface area contributed by atoms with Gasteiger partial charge in [-0.2, -0.15) is 16.8 Å². The van der Waals surface area contributed by atoms with Gasteiger partial charge < -0.3 is 10.2 Å². The fourth-order valence-electron chi connectivity index (χ4n) is 1.14. The fraction of sp³-hybridized carbons (Fsp3) is 1.00. The summed E-state index contributed by atoms with van der Waals surface area (Å²) in [5.74, 6) is 0. The summed E-state index contributed by atoms with van der Waals surface area (Å²) in [5.41, 5.74) is 0. The average Bonchev–Trinajstić information content (AvgIpc) is 1.95. The predicted molar refractivity (Wildman–Crippen MR) is 65.4 cm³/mol. The largest absolute Gasteiger partial charge is 0.393 e. The molecular weight excluding hydrogens is 288 g/mol. The molecule has 1 fully saturated rings. The Balaban J connectivity index is 0. The zero-order chi connectivity index (χ0) is 15.0. The van der Waals surface area contributed by atoms with E-state index in [1.165, 1.54) is 0 Å². The summed E-state index contributed by atoms with van der Waals surface area (Å²) in [5, 5.41) is 17.8. The van der Waals surface area contributed by atoms with Gasteiger partial charge in [0.2, 0.25) is 0 Å². The first-order chi connectivity index (χ1) is 7.79. The van der Waals surface area contributed by atoms with Crippen molar-refractivity contribution in [2.24, 2.45) is 0 Å². The summed E-state index contributed by atoms with van der Waals surface area (Å²) < 4.78 is 51.7. The summed E-state index contributed by atoms with van der Waals surface area (Å²) in [6.07, 6.45) is 4.26. The maximum absolute atomic E-state index is 9.19. The molecule has 1 rings (SSSR count). The molecule has 0 amide bonds. The monoisotopic (exact) mass is 308 g/mol. The Labute approximate surface area is 107 Å². The Bertz CT molecular complexity index is 345. The van der Waals surface area contributed by atoms with E-state index in [0.29, 0.717) is 18.9 Å². The van der Waals surface area contributed by atoms with Crippen LogP contribution in [0.3, 0.4) is 0 Å². The molecule has 0 aromatic rings. The average molecular weight is 308 g/mol. The molecule has 0 aromatic heterocycles. The standard InChI is InChI=1S/C6H12O2.2CH4O3S/c7-5-2-1-3-6(8)4-5;2*1-5(2,3)4/h5-8H,1-4H2;2*1H3,(H,2,3,4)/t5-,6+;;. The van der Waals surface area contributed by atoms with Crippen molar-refractivity contribution in [3.8, 4) is 0 Å². The lowest BCUT2D eigenvalue weighted by atomic mass is 9.95. The van der Waals surface area contributed by atoms with Crippen molar-refractivity contribution in [1.29, 1.82) is 0 Å². The highest BCUT2D eigenvalue weighted by atomic mass is 32.2. The van der Waals surface area contributed by atoms with Crippen LogP contribution in [0.4, 0.5) is 0 Å². The zero-order valence-electron chi connectivity index (χ0n) is 10.2. The number of hydrogen-bond donors (Lipinski definition) is 4. The first kappa shape index (κ1) is 20.1. The minimum Gasteiger partial charge on any atom is -0.393 e. The van der Waals surface area contributed by atoms with E-state index >= 15 is 0 Å². The van der Waals surface area contributed by atoms with E-state index in [0.717, 1.165) is 19.3 Å². The SMILES string of the molecule is CS(=O)(=O)O.CS(=O)(=O)O.O[C@@H]1CCC[C@H](O)C1. The summed E-state index contributed by atoms with van der Waals surface area (Å²) in [7, 11) is -7.33. The van der Waals surface area contributed by atoms with Gasteiger partial charge in [0, 0.05) is 0 Å². The van der Waals surface area contributed by atoms with Crippen molar-refractivity contribution < 1.29 is 36.2 Å². The molecule has 0 saturated heterocycles. The van der Waals surface area contributed by atoms with E-state index in [2.05, 4.69) is 0 Å². The van der Waals surface area contributed by atoms with Gasteiger partial charge in [0.05, 0.1) is 24.7 Å². The lowest BCUT2D eigenvalue weighted by molar-refractivity contribution is 0.0406. The van der Waals surface area contributed by atoms with Crippen LogP contribution in [0.2, 0.25) is 0 Å². The molecule has 0 aliphatic heterocycles. The second-order valence-corrected chi connectivity index (χ2v) is 6.87. The van der Waals surface area contributed by atoms with Gasteiger partial charge in [-0.05, 0) is 25.7 Å². The summed E-state index contributed by atoms with van der Waals surface area (Å²) in [4.78, 5) is 0. The van der Waals surface area contributed by atoms with Crippen molar-refractivity contribution in [2.45, 2.75) is 37.9 Å². The molecule has 0 radical (unpaired) electrons. The Morgan fingerprint density at radius 2 is 1.06 bits per heavy atom. The highest BCUT2D eigenvalue weighted by molar-refractivity contribution is 7.85. The zero-order valence-corrected chi connectivity index (χ0v) is 11.9. The predicted octanol–water partition coefficient (Wildman–Crippen LogP) is -0.710. The summed E-state index contributed by atoms with van der Waals surface area (Å²) in [6.45, 7) is 0. The normalized spacial score (nSPS) is 24.1. The van der Waals surface area contributed by atoms with Gasteiger partial charge in [-0.3, -0.25) is 9.11 Å². The van der Waals surface area contributed by atoms with Crippen LogP contribution < -0.4 is 0 Å². The van der Waals surface area contributed by atoms with Crippen molar-refractivity contribution in [2.75, 3.05) is 12.5 Å². The van der Waals surface area contributed by atoms with Crippen LogP contribution >= 0.6 is 0 Å². The molecule has 18 heavy (non-hydrogen) atoms. The van der Waals surface area contributed by atoms with Gasteiger partial charge in [0.15, 0.2) is 0 Å². The third kappa shape index (κ3) is 36.0. The molecule has 4 N–H and O–H groups in total. The lowest BCUT2D eigenvalue weighted by Gasteiger charge is -2.20. The highest BCUT2D eigenvalue weighted by Gasteiger charge is 2.16. The van der Waals surface area contributed by atoms with E-state index < -0.39 is 20.2 Å². The van der Waals surface area contributed by atoms with Crippen molar-refractivity contribution in [1.82, 2.24) is 0 Å². The quantitative estimate of drug-likeness (QED) is 0.429. The molecule has 0 spiro atoms. The van der Waals surface area contributed by atoms with Crippen molar-refractivity contribution in [3.05, 3.63) is 0 Å². The van der Waals surface area contributed by atoms with Crippen molar-refractivity contribution in [3.63, 3.8) is 0 Å². The van der Waals surface area contributed by atoms with E-state index in [4.69, 9.17) is 19.3 Å². The van der Waals surface area contributed by atoms with Gasteiger partial charge in [0.25, 0.3) is 20.2 Å². The minimum absolute atomic E-state index is 0.237. The molecule has 0 unspecified atom stereocenters. The summed E-state index contributed by atoms with van der Waals surface area (Å²) in [6, 6.07) is 0. The molecule has 10 heteroatoms. The van der Waals surface area contributed by atoms with Crippen LogP contribution in [-0.4, -0.2) is 60.9 Å². The lowest BCUT2D eigenvalue weighted by Crippen LogP contribution is -2.22. The van der Waals surface area contributed by atoms with Crippen LogP contribution in [0.5, 0.6) is 0 Å². The Kier molecular flexibility index (Phi) is 9.78. The molecule has 1 aliphatic carbocycles. The molecule has 1 aliphatic rings.